The molecule has 2 aromatic heterocycles. The van der Waals surface area contributed by atoms with Gasteiger partial charge in [0.15, 0.2) is 0 Å². The van der Waals surface area contributed by atoms with Crippen molar-refractivity contribution in [2.24, 2.45) is 0 Å². The first-order valence-electron chi connectivity index (χ1n) is 5.30. The lowest BCUT2D eigenvalue weighted by Crippen LogP contribution is -2.27. The number of hydrogen-bond donors (Lipinski definition) is 1. The van der Waals surface area contributed by atoms with Gasteiger partial charge in [-0.3, -0.25) is 9.78 Å². The molecule has 0 aliphatic rings. The maximum atomic E-state index is 11.9. The SMILES string of the molecule is Cc1ncsc1C(=O)NC(C)c1ccccn1. The highest BCUT2D eigenvalue weighted by molar-refractivity contribution is 7.11. The highest BCUT2D eigenvalue weighted by atomic mass is 32.1. The molecule has 0 aliphatic carbocycles. The van der Waals surface area contributed by atoms with Crippen LogP contribution in [0.1, 0.15) is 34.0 Å². The van der Waals surface area contributed by atoms with Crippen LogP contribution in [0.2, 0.25) is 0 Å². The number of pyridine rings is 1. The maximum absolute atomic E-state index is 11.9. The van der Waals surface area contributed by atoms with Crippen molar-refractivity contribution in [1.82, 2.24) is 15.3 Å². The zero-order chi connectivity index (χ0) is 12.3. The Morgan fingerprint density at radius 2 is 2.24 bits per heavy atom. The molecule has 0 aliphatic heterocycles. The van der Waals surface area contributed by atoms with E-state index < -0.39 is 0 Å². The minimum Gasteiger partial charge on any atom is -0.343 e. The zero-order valence-electron chi connectivity index (χ0n) is 9.68. The van der Waals surface area contributed by atoms with Gasteiger partial charge in [0.05, 0.1) is 22.9 Å². The topological polar surface area (TPSA) is 54.9 Å². The molecule has 0 fully saturated rings. The second kappa shape index (κ2) is 5.05. The van der Waals surface area contributed by atoms with Gasteiger partial charge in [-0.25, -0.2) is 4.98 Å². The third-order valence-corrected chi connectivity index (χ3v) is 3.36. The number of carbonyl (C=O) groups excluding carboxylic acids is 1. The predicted octanol–water partition coefficient (Wildman–Crippen LogP) is 2.34. The summed E-state index contributed by atoms with van der Waals surface area (Å²) in [6, 6.07) is 5.55. The minimum absolute atomic E-state index is 0.0943. The summed E-state index contributed by atoms with van der Waals surface area (Å²) in [7, 11) is 0. The van der Waals surface area contributed by atoms with Gasteiger partial charge in [0, 0.05) is 6.20 Å². The fourth-order valence-corrected chi connectivity index (χ4v) is 2.19. The van der Waals surface area contributed by atoms with Crippen LogP contribution in [0.4, 0.5) is 0 Å². The Hall–Kier alpha value is -1.75. The average molecular weight is 247 g/mol. The molecule has 1 atom stereocenters. The van der Waals surface area contributed by atoms with Gasteiger partial charge in [-0.2, -0.15) is 0 Å². The van der Waals surface area contributed by atoms with Crippen LogP contribution in [0.5, 0.6) is 0 Å². The van der Waals surface area contributed by atoms with Crippen molar-refractivity contribution in [3.63, 3.8) is 0 Å². The Morgan fingerprint density at radius 1 is 1.41 bits per heavy atom. The first-order chi connectivity index (χ1) is 8.18. The van der Waals surface area contributed by atoms with Crippen LogP contribution in [0.15, 0.2) is 29.9 Å². The first kappa shape index (κ1) is 11.7. The van der Waals surface area contributed by atoms with Crippen LogP contribution < -0.4 is 5.32 Å². The Kier molecular flexibility index (Phi) is 3.49. The number of aromatic nitrogens is 2. The summed E-state index contributed by atoms with van der Waals surface area (Å²) in [4.78, 5) is 20.9. The van der Waals surface area contributed by atoms with Crippen LogP contribution in [-0.4, -0.2) is 15.9 Å². The quantitative estimate of drug-likeness (QED) is 0.905. The molecule has 17 heavy (non-hydrogen) atoms. The molecule has 0 aromatic carbocycles. The lowest BCUT2D eigenvalue weighted by molar-refractivity contribution is 0.0942. The van der Waals surface area contributed by atoms with Crippen molar-refractivity contribution in [3.05, 3.63) is 46.2 Å². The number of nitrogens with zero attached hydrogens (tertiary/aromatic N) is 2. The van der Waals surface area contributed by atoms with E-state index in [0.29, 0.717) is 4.88 Å². The number of carbonyl (C=O) groups is 1. The van der Waals surface area contributed by atoms with E-state index in [1.54, 1.807) is 11.7 Å². The van der Waals surface area contributed by atoms with Crippen molar-refractivity contribution < 1.29 is 4.79 Å². The first-order valence-corrected chi connectivity index (χ1v) is 6.18. The number of nitrogens with one attached hydrogen (secondary N) is 1. The Bertz CT molecular complexity index is 509. The maximum Gasteiger partial charge on any atom is 0.263 e. The normalized spacial score (nSPS) is 12.1. The number of amides is 1. The van der Waals surface area contributed by atoms with Crippen LogP contribution in [0.3, 0.4) is 0 Å². The molecule has 0 spiro atoms. The second-order valence-electron chi connectivity index (χ2n) is 3.72. The number of hydrogen-bond acceptors (Lipinski definition) is 4. The summed E-state index contributed by atoms with van der Waals surface area (Å²) in [6.07, 6.45) is 1.72. The van der Waals surface area contributed by atoms with Gasteiger partial charge in [0.25, 0.3) is 5.91 Å². The van der Waals surface area contributed by atoms with E-state index in [0.717, 1.165) is 11.4 Å². The van der Waals surface area contributed by atoms with Crippen molar-refractivity contribution in [2.75, 3.05) is 0 Å². The fourth-order valence-electron chi connectivity index (χ4n) is 1.49. The molecule has 2 heterocycles. The molecule has 0 bridgehead atoms. The molecule has 0 radical (unpaired) electrons. The van der Waals surface area contributed by atoms with E-state index in [1.165, 1.54) is 11.3 Å². The largest absolute Gasteiger partial charge is 0.343 e. The molecule has 2 rings (SSSR count). The summed E-state index contributed by atoms with van der Waals surface area (Å²) in [5.41, 5.74) is 3.29. The molecule has 1 amide bonds. The Balaban J connectivity index is 2.08. The Morgan fingerprint density at radius 3 is 2.82 bits per heavy atom. The highest BCUT2D eigenvalue weighted by Gasteiger charge is 2.15. The number of thiazole rings is 1. The molecule has 1 unspecified atom stereocenters. The van der Waals surface area contributed by atoms with Crippen LogP contribution in [0.25, 0.3) is 0 Å². The van der Waals surface area contributed by atoms with E-state index in [2.05, 4.69) is 15.3 Å². The van der Waals surface area contributed by atoms with Crippen LogP contribution >= 0.6 is 11.3 Å². The lowest BCUT2D eigenvalue weighted by atomic mass is 10.2. The zero-order valence-corrected chi connectivity index (χ0v) is 10.5. The fraction of sp³-hybridized carbons (Fsp3) is 0.250. The van der Waals surface area contributed by atoms with Crippen LogP contribution in [-0.2, 0) is 0 Å². The van der Waals surface area contributed by atoms with Gasteiger partial charge in [0.1, 0.15) is 4.88 Å². The van der Waals surface area contributed by atoms with E-state index in [1.807, 2.05) is 32.0 Å². The van der Waals surface area contributed by atoms with E-state index >= 15 is 0 Å². The van der Waals surface area contributed by atoms with E-state index in [9.17, 15) is 4.79 Å². The molecular weight excluding hydrogens is 234 g/mol. The monoisotopic (exact) mass is 247 g/mol. The number of aryl methyl sites for hydroxylation is 1. The molecular formula is C12H13N3OS. The van der Waals surface area contributed by atoms with Crippen LogP contribution in [0, 0.1) is 6.92 Å². The third-order valence-electron chi connectivity index (χ3n) is 2.43. The van der Waals surface area contributed by atoms with Gasteiger partial charge in [-0.15, -0.1) is 11.3 Å². The second-order valence-corrected chi connectivity index (χ2v) is 4.57. The van der Waals surface area contributed by atoms with Gasteiger partial charge in [-0.1, -0.05) is 6.07 Å². The van der Waals surface area contributed by atoms with Gasteiger partial charge >= 0.3 is 0 Å². The van der Waals surface area contributed by atoms with Gasteiger partial charge < -0.3 is 5.32 Å². The summed E-state index contributed by atoms with van der Waals surface area (Å²) >= 11 is 1.35. The van der Waals surface area contributed by atoms with Crippen molar-refractivity contribution in [3.8, 4) is 0 Å². The molecule has 0 saturated carbocycles. The van der Waals surface area contributed by atoms with Crippen molar-refractivity contribution >= 4 is 17.2 Å². The molecule has 88 valence electrons. The average Bonchev–Trinajstić information content (AvgIpc) is 2.76. The standard InChI is InChI=1S/C12H13N3OS/c1-8(10-5-3-4-6-13-10)15-12(16)11-9(2)14-7-17-11/h3-8H,1-2H3,(H,15,16). The minimum atomic E-state index is -0.106. The summed E-state index contributed by atoms with van der Waals surface area (Å²) in [5.74, 6) is -0.0943. The predicted molar refractivity (Wildman–Crippen MR) is 67.0 cm³/mol. The molecule has 1 N–H and O–H groups in total. The van der Waals surface area contributed by atoms with Crippen molar-refractivity contribution in [2.45, 2.75) is 19.9 Å². The van der Waals surface area contributed by atoms with E-state index in [-0.39, 0.29) is 11.9 Å². The number of rotatable bonds is 3. The summed E-state index contributed by atoms with van der Waals surface area (Å²) in [6.45, 7) is 3.74. The van der Waals surface area contributed by atoms with Gasteiger partial charge in [0.2, 0.25) is 0 Å². The van der Waals surface area contributed by atoms with E-state index in [4.69, 9.17) is 0 Å². The van der Waals surface area contributed by atoms with Gasteiger partial charge in [-0.05, 0) is 26.0 Å². The lowest BCUT2D eigenvalue weighted by Gasteiger charge is -2.12. The highest BCUT2D eigenvalue weighted by Crippen LogP contribution is 2.14. The summed E-state index contributed by atoms with van der Waals surface area (Å²) in [5, 5.41) is 2.91. The Labute approximate surface area is 104 Å². The molecule has 5 heteroatoms. The summed E-state index contributed by atoms with van der Waals surface area (Å²) < 4.78 is 0. The molecule has 0 saturated heterocycles. The molecule has 2 aromatic rings. The molecule has 4 nitrogen and oxygen atoms in total. The third kappa shape index (κ3) is 2.68. The smallest absolute Gasteiger partial charge is 0.263 e. The van der Waals surface area contributed by atoms with Crippen molar-refractivity contribution in [1.29, 1.82) is 0 Å².